The van der Waals surface area contributed by atoms with Gasteiger partial charge in [-0.3, -0.25) is 24.0 Å². The van der Waals surface area contributed by atoms with E-state index in [0.29, 0.717) is 11.1 Å². The minimum absolute atomic E-state index is 0.0258. The van der Waals surface area contributed by atoms with Gasteiger partial charge in [-0.2, -0.15) is 0 Å². The first-order valence-electron chi connectivity index (χ1n) is 21.6. The molecule has 6 N–H and O–H groups in total. The molecule has 2 aromatic carbocycles. The van der Waals surface area contributed by atoms with E-state index in [1.54, 1.807) is 81.4 Å². The van der Waals surface area contributed by atoms with Crippen molar-refractivity contribution in [1.82, 2.24) is 31.9 Å². The van der Waals surface area contributed by atoms with Crippen molar-refractivity contribution >= 4 is 53.8 Å². The maximum Gasteiger partial charge on any atom is 0.408 e. The fraction of sp³-hybridized carbons (Fsp3) is 0.521. The maximum absolute atomic E-state index is 14.2. The summed E-state index contributed by atoms with van der Waals surface area (Å²) in [5.41, 5.74) is -0.00301. The summed E-state index contributed by atoms with van der Waals surface area (Å²) >= 11 is 0. The molecule has 0 heterocycles. The van der Waals surface area contributed by atoms with Crippen LogP contribution >= 0.6 is 0 Å². The molecule has 0 aliphatic rings. The Kier molecular flexibility index (Phi) is 21.8. The highest BCUT2D eigenvalue weighted by molar-refractivity contribution is 6.05. The third-order valence-corrected chi connectivity index (χ3v) is 9.11. The molecule has 2 aromatic rings. The van der Waals surface area contributed by atoms with Crippen molar-refractivity contribution in [2.75, 3.05) is 7.11 Å². The smallest absolute Gasteiger partial charge is 0.408 e. The van der Waals surface area contributed by atoms with Gasteiger partial charge in [-0.1, -0.05) is 116 Å². The molecule has 0 saturated carbocycles. The summed E-state index contributed by atoms with van der Waals surface area (Å²) in [6, 6.07) is 13.2. The van der Waals surface area contributed by atoms with E-state index in [0.717, 1.165) is 0 Å². The second kappa shape index (κ2) is 25.8. The Hall–Kier alpha value is -5.99. The Morgan fingerprint density at radius 2 is 0.857 bits per heavy atom. The number of carbonyl (C=O) groups excluding carboxylic acids is 7. The SMILES string of the molecule is COC(=O)[C@H](CC(C)C)NC(=O)/C(=C/c1ccccc1)NC(=O)[C@H](CC(C)C)NC(=O)[C@H](CC(C)C)NC(=O)/C(=C/c1ccccc1)NC(=O)[C@H](CC(C)C)NC(=O)OC(C)(C)C. The van der Waals surface area contributed by atoms with Gasteiger partial charge < -0.3 is 41.4 Å². The molecule has 0 spiro atoms. The van der Waals surface area contributed by atoms with Crippen LogP contribution in [0.2, 0.25) is 0 Å². The van der Waals surface area contributed by atoms with E-state index in [-0.39, 0.29) is 60.7 Å². The number of esters is 1. The van der Waals surface area contributed by atoms with Crippen molar-refractivity contribution in [2.24, 2.45) is 23.7 Å². The number of nitrogens with one attached hydrogen (secondary N) is 6. The summed E-state index contributed by atoms with van der Waals surface area (Å²) in [6.07, 6.45) is 2.97. The number of hydrogen-bond donors (Lipinski definition) is 6. The van der Waals surface area contributed by atoms with Crippen molar-refractivity contribution < 1.29 is 43.0 Å². The van der Waals surface area contributed by atoms with E-state index in [1.807, 2.05) is 55.4 Å². The molecule has 63 heavy (non-hydrogen) atoms. The van der Waals surface area contributed by atoms with Crippen LogP contribution in [0.1, 0.15) is 113 Å². The molecule has 0 unspecified atom stereocenters. The van der Waals surface area contributed by atoms with Crippen LogP contribution in [0.15, 0.2) is 72.1 Å². The lowest BCUT2D eigenvalue weighted by Gasteiger charge is -2.26. The summed E-state index contributed by atoms with van der Waals surface area (Å²) in [4.78, 5) is 95.6. The molecule has 15 nitrogen and oxygen atoms in total. The second-order valence-corrected chi connectivity index (χ2v) is 18.3. The van der Waals surface area contributed by atoms with Gasteiger partial charge in [0.1, 0.15) is 41.2 Å². The van der Waals surface area contributed by atoms with Crippen LogP contribution in [0.25, 0.3) is 12.2 Å². The van der Waals surface area contributed by atoms with Crippen LogP contribution in [0.3, 0.4) is 0 Å². The first-order valence-corrected chi connectivity index (χ1v) is 21.6. The van der Waals surface area contributed by atoms with Gasteiger partial charge in [0.15, 0.2) is 0 Å². The molecule has 0 bridgehead atoms. The molecule has 6 amide bonds. The highest BCUT2D eigenvalue weighted by Crippen LogP contribution is 2.15. The monoisotopic (exact) mass is 875 g/mol. The Bertz CT molecular complexity index is 1900. The summed E-state index contributed by atoms with van der Waals surface area (Å²) in [6.45, 7) is 20.1. The van der Waals surface area contributed by atoms with Crippen molar-refractivity contribution in [2.45, 2.75) is 132 Å². The summed E-state index contributed by atoms with van der Waals surface area (Å²) in [5, 5.41) is 16.3. The van der Waals surface area contributed by atoms with Gasteiger partial charge in [0.2, 0.25) is 17.7 Å². The topological polar surface area (TPSA) is 210 Å². The molecule has 0 aromatic heterocycles. The predicted octanol–water partition coefficient (Wildman–Crippen LogP) is 6.01. The predicted molar refractivity (Wildman–Crippen MR) is 244 cm³/mol. The maximum atomic E-state index is 14.2. The fourth-order valence-electron chi connectivity index (χ4n) is 6.32. The highest BCUT2D eigenvalue weighted by atomic mass is 16.6. The molecule has 4 atom stereocenters. The van der Waals surface area contributed by atoms with E-state index in [2.05, 4.69) is 31.9 Å². The van der Waals surface area contributed by atoms with Crippen LogP contribution in [0.5, 0.6) is 0 Å². The third-order valence-electron chi connectivity index (χ3n) is 9.11. The van der Waals surface area contributed by atoms with Gasteiger partial charge in [0, 0.05) is 0 Å². The third kappa shape index (κ3) is 20.6. The number of benzene rings is 2. The lowest BCUT2D eigenvalue weighted by atomic mass is 9.99. The van der Waals surface area contributed by atoms with Crippen LogP contribution in [0.4, 0.5) is 4.79 Å². The van der Waals surface area contributed by atoms with Crippen LogP contribution in [0, 0.1) is 23.7 Å². The van der Waals surface area contributed by atoms with Crippen LogP contribution in [-0.4, -0.2) is 78.5 Å². The Morgan fingerprint density at radius 1 is 0.508 bits per heavy atom. The number of carbonyl (C=O) groups is 7. The first-order chi connectivity index (χ1) is 29.5. The molecular weight excluding hydrogens is 805 g/mol. The lowest BCUT2D eigenvalue weighted by molar-refractivity contribution is -0.145. The van der Waals surface area contributed by atoms with E-state index in [4.69, 9.17) is 9.47 Å². The van der Waals surface area contributed by atoms with Gasteiger partial charge in [-0.15, -0.1) is 0 Å². The molecule has 2 rings (SSSR count). The minimum atomic E-state index is -1.18. The fourth-order valence-corrected chi connectivity index (χ4v) is 6.32. The molecule has 0 fully saturated rings. The van der Waals surface area contributed by atoms with Gasteiger partial charge in [0.25, 0.3) is 11.8 Å². The quantitative estimate of drug-likeness (QED) is 0.0604. The van der Waals surface area contributed by atoms with E-state index >= 15 is 0 Å². The van der Waals surface area contributed by atoms with Crippen LogP contribution in [-0.2, 0) is 38.2 Å². The Morgan fingerprint density at radius 3 is 1.22 bits per heavy atom. The van der Waals surface area contributed by atoms with Gasteiger partial charge in [0.05, 0.1) is 7.11 Å². The summed E-state index contributed by atoms with van der Waals surface area (Å²) < 4.78 is 10.3. The minimum Gasteiger partial charge on any atom is -0.467 e. The van der Waals surface area contributed by atoms with Gasteiger partial charge in [-0.05, 0) is 93.4 Å². The van der Waals surface area contributed by atoms with Crippen molar-refractivity contribution in [3.05, 3.63) is 83.2 Å². The van der Waals surface area contributed by atoms with E-state index < -0.39 is 71.4 Å². The number of ether oxygens (including phenoxy) is 2. The first kappa shape index (κ1) is 53.1. The van der Waals surface area contributed by atoms with Gasteiger partial charge in [-0.25, -0.2) is 9.59 Å². The summed E-state index contributed by atoms with van der Waals surface area (Å²) in [7, 11) is 1.23. The van der Waals surface area contributed by atoms with Gasteiger partial charge >= 0.3 is 12.1 Å². The molecule has 0 aliphatic carbocycles. The molecule has 0 saturated heterocycles. The zero-order chi connectivity index (χ0) is 47.4. The largest absolute Gasteiger partial charge is 0.467 e. The molecule has 0 aliphatic heterocycles. The number of amides is 6. The number of alkyl carbamates (subject to hydrolysis) is 1. The molecule has 346 valence electrons. The number of methoxy groups -OCH3 is 1. The highest BCUT2D eigenvalue weighted by Gasteiger charge is 2.32. The average molecular weight is 875 g/mol. The van der Waals surface area contributed by atoms with E-state index in [9.17, 15) is 33.6 Å². The zero-order valence-electron chi connectivity index (χ0n) is 39.0. The van der Waals surface area contributed by atoms with Crippen molar-refractivity contribution in [3.8, 4) is 0 Å². The molecular formula is C48H70N6O9. The zero-order valence-corrected chi connectivity index (χ0v) is 39.0. The number of hydrogen-bond acceptors (Lipinski definition) is 9. The number of rotatable bonds is 22. The summed E-state index contributed by atoms with van der Waals surface area (Å²) in [5.74, 6) is -4.42. The average Bonchev–Trinajstić information content (AvgIpc) is 3.18. The Balaban J connectivity index is 2.49. The standard InChI is InChI=1S/C48H70N6O9/c1-29(2)23-35(50-44(58)38(27-33-19-15-13-16-20-33)52-43(57)37(25-31(5)6)54-47(61)63-48(9,10)11)41(55)49-36(24-30(3)4)42(56)51-39(28-34-21-17-14-18-22-34)45(59)53-40(26-32(7)8)46(60)62-12/h13-22,27-32,35-37,40H,23-26H2,1-12H3,(H,49,55)(H,50,58)(H,51,56)(H,52,57)(H,53,59)(H,54,61)/b38-27-,39-28-/t35-,36-,37-,40-/m0/s1. The Labute approximate surface area is 373 Å². The van der Waals surface area contributed by atoms with Crippen molar-refractivity contribution in [1.29, 1.82) is 0 Å². The molecule has 15 heteroatoms. The van der Waals surface area contributed by atoms with Crippen molar-refractivity contribution in [3.63, 3.8) is 0 Å². The van der Waals surface area contributed by atoms with E-state index in [1.165, 1.54) is 19.3 Å². The lowest BCUT2D eigenvalue weighted by Crippen LogP contribution is -2.56. The second-order valence-electron chi connectivity index (χ2n) is 18.3. The molecule has 0 radical (unpaired) electrons. The normalized spacial score (nSPS) is 14.0. The van der Waals surface area contributed by atoms with Crippen LogP contribution < -0.4 is 31.9 Å².